The molecule has 7 heteroatoms. The molecule has 0 N–H and O–H groups in total. The quantitative estimate of drug-likeness (QED) is 0.723. The lowest BCUT2D eigenvalue weighted by molar-refractivity contribution is -0.132. The van der Waals surface area contributed by atoms with E-state index in [0.717, 1.165) is 16.5 Å². The van der Waals surface area contributed by atoms with Gasteiger partial charge in [-0.3, -0.25) is 4.79 Å². The highest BCUT2D eigenvalue weighted by molar-refractivity contribution is 7.91. The zero-order valence-corrected chi connectivity index (χ0v) is 16.6. The molecule has 0 aliphatic carbocycles. The Kier molecular flexibility index (Phi) is 6.01. The molecule has 0 spiro atoms. The van der Waals surface area contributed by atoms with Crippen molar-refractivity contribution < 1.29 is 17.9 Å². The van der Waals surface area contributed by atoms with Crippen LogP contribution in [0.1, 0.15) is 6.42 Å². The van der Waals surface area contributed by atoms with E-state index in [1.165, 1.54) is 0 Å². The summed E-state index contributed by atoms with van der Waals surface area (Å²) in [6.07, 6.45) is 0.497. The maximum absolute atomic E-state index is 12.9. The Balaban J connectivity index is 1.73. The van der Waals surface area contributed by atoms with Gasteiger partial charge in [0.1, 0.15) is 0 Å². The topological polar surface area (TPSA) is 66.9 Å². The molecule has 6 nitrogen and oxygen atoms in total. The number of nitrogens with zero attached hydrogens (tertiary/aromatic N) is 2. The van der Waals surface area contributed by atoms with Gasteiger partial charge in [0.05, 0.1) is 24.7 Å². The minimum Gasteiger partial charge on any atom is -0.383 e. The molecular formula is C20H26N2O4S. The summed E-state index contributed by atoms with van der Waals surface area (Å²) in [4.78, 5) is 16.5. The molecule has 1 amide bonds. The third kappa shape index (κ3) is 4.78. The smallest absolute Gasteiger partial charge is 0.242 e. The predicted octanol–water partition coefficient (Wildman–Crippen LogP) is 1.94. The van der Waals surface area contributed by atoms with E-state index >= 15 is 0 Å². The van der Waals surface area contributed by atoms with Crippen LogP contribution in [0.25, 0.3) is 10.8 Å². The largest absolute Gasteiger partial charge is 0.383 e. The van der Waals surface area contributed by atoms with Crippen molar-refractivity contribution in [3.8, 4) is 0 Å². The molecule has 1 aliphatic rings. The molecule has 27 heavy (non-hydrogen) atoms. The molecule has 1 atom stereocenters. The average molecular weight is 391 g/mol. The van der Waals surface area contributed by atoms with E-state index < -0.39 is 9.84 Å². The van der Waals surface area contributed by atoms with Gasteiger partial charge in [-0.1, -0.05) is 30.3 Å². The van der Waals surface area contributed by atoms with Crippen molar-refractivity contribution in [3.05, 3.63) is 42.5 Å². The van der Waals surface area contributed by atoms with E-state index in [9.17, 15) is 13.2 Å². The van der Waals surface area contributed by atoms with E-state index in [2.05, 4.69) is 12.1 Å². The van der Waals surface area contributed by atoms with E-state index in [-0.39, 0.29) is 30.0 Å². The lowest BCUT2D eigenvalue weighted by Gasteiger charge is -2.30. The van der Waals surface area contributed by atoms with Crippen molar-refractivity contribution in [2.24, 2.45) is 0 Å². The zero-order chi connectivity index (χ0) is 19.4. The van der Waals surface area contributed by atoms with E-state index in [1.54, 1.807) is 12.0 Å². The van der Waals surface area contributed by atoms with Gasteiger partial charge in [-0.2, -0.15) is 0 Å². The molecular weight excluding hydrogens is 364 g/mol. The molecule has 146 valence electrons. The molecule has 1 heterocycles. The second kappa shape index (κ2) is 8.27. The van der Waals surface area contributed by atoms with Gasteiger partial charge in [0.25, 0.3) is 0 Å². The summed E-state index contributed by atoms with van der Waals surface area (Å²) in [6.45, 7) is 0.988. The number of carbonyl (C=O) groups is 1. The average Bonchev–Trinajstić information content (AvgIpc) is 3.01. The Hall–Kier alpha value is -2.12. The highest BCUT2D eigenvalue weighted by Crippen LogP contribution is 2.22. The normalized spacial score (nSPS) is 18.5. The number of benzene rings is 2. The Morgan fingerprint density at radius 3 is 2.59 bits per heavy atom. The maximum atomic E-state index is 12.9. The SMILES string of the molecule is COCCN(C(=O)CN(C)c1ccc2ccccc2c1)[C@@H]1CCS(=O)(=O)C1. The van der Waals surface area contributed by atoms with Crippen LogP contribution in [0.3, 0.4) is 0 Å². The number of ether oxygens (including phenoxy) is 1. The maximum Gasteiger partial charge on any atom is 0.242 e. The van der Waals surface area contributed by atoms with Gasteiger partial charge in [0.2, 0.25) is 5.91 Å². The number of sulfone groups is 1. The number of rotatable bonds is 7. The fraction of sp³-hybridized carbons (Fsp3) is 0.450. The number of fused-ring (bicyclic) bond motifs is 1. The first kappa shape index (κ1) is 19.6. The summed E-state index contributed by atoms with van der Waals surface area (Å²) < 4.78 is 28.8. The van der Waals surface area contributed by atoms with Crippen LogP contribution in [-0.4, -0.2) is 70.6 Å². The number of amides is 1. The summed E-state index contributed by atoms with van der Waals surface area (Å²) in [7, 11) is 0.403. The number of methoxy groups -OCH3 is 1. The highest BCUT2D eigenvalue weighted by atomic mass is 32.2. The van der Waals surface area contributed by atoms with Crippen LogP contribution in [0.5, 0.6) is 0 Å². The van der Waals surface area contributed by atoms with E-state index in [4.69, 9.17) is 4.74 Å². The third-order valence-corrected chi connectivity index (χ3v) is 6.80. The summed E-state index contributed by atoms with van der Waals surface area (Å²) >= 11 is 0. The molecule has 0 bridgehead atoms. The third-order valence-electron chi connectivity index (χ3n) is 5.05. The molecule has 0 unspecified atom stereocenters. The Labute approximate surface area is 160 Å². The van der Waals surface area contributed by atoms with Gasteiger partial charge >= 0.3 is 0 Å². The number of anilines is 1. The first-order valence-corrected chi connectivity index (χ1v) is 10.9. The van der Waals surface area contributed by atoms with Gasteiger partial charge in [0.15, 0.2) is 9.84 Å². The number of likely N-dealkylation sites (N-methyl/N-ethyl adjacent to an activating group) is 1. The van der Waals surface area contributed by atoms with Gasteiger partial charge in [0, 0.05) is 32.4 Å². The van der Waals surface area contributed by atoms with E-state index in [0.29, 0.717) is 19.6 Å². The molecule has 1 saturated heterocycles. The van der Waals surface area contributed by atoms with Crippen molar-refractivity contribution in [1.29, 1.82) is 0 Å². The molecule has 2 aromatic rings. The van der Waals surface area contributed by atoms with Crippen molar-refractivity contribution >= 4 is 32.2 Å². The summed E-state index contributed by atoms with van der Waals surface area (Å²) in [5.41, 5.74) is 0.952. The highest BCUT2D eigenvalue weighted by Gasteiger charge is 2.34. The van der Waals surface area contributed by atoms with Crippen LogP contribution in [-0.2, 0) is 19.4 Å². The van der Waals surface area contributed by atoms with Crippen LogP contribution in [0.4, 0.5) is 5.69 Å². The minimum atomic E-state index is -3.05. The summed E-state index contributed by atoms with van der Waals surface area (Å²) in [5.74, 6) is 0.113. The first-order valence-electron chi connectivity index (χ1n) is 9.08. The second-order valence-electron chi connectivity index (χ2n) is 7.02. The minimum absolute atomic E-state index is 0.0438. The Morgan fingerprint density at radius 1 is 1.19 bits per heavy atom. The van der Waals surface area contributed by atoms with Crippen LogP contribution >= 0.6 is 0 Å². The number of carbonyl (C=O) groups excluding carboxylic acids is 1. The zero-order valence-electron chi connectivity index (χ0n) is 15.8. The molecule has 1 fully saturated rings. The van der Waals surface area contributed by atoms with Crippen LogP contribution in [0, 0.1) is 0 Å². The van der Waals surface area contributed by atoms with Gasteiger partial charge in [-0.05, 0) is 29.3 Å². The Morgan fingerprint density at radius 2 is 1.93 bits per heavy atom. The van der Waals surface area contributed by atoms with Gasteiger partial charge in [-0.15, -0.1) is 0 Å². The van der Waals surface area contributed by atoms with Crippen molar-refractivity contribution in [2.45, 2.75) is 12.5 Å². The number of hydrogen-bond donors (Lipinski definition) is 0. The standard InChI is InChI=1S/C20H26N2O4S/c1-21(18-8-7-16-5-3-4-6-17(16)13-18)14-20(23)22(10-11-26-2)19-9-12-27(24,25)15-19/h3-8,13,19H,9-12,14-15H2,1-2H3/t19-/m1/s1. The van der Waals surface area contributed by atoms with E-state index in [1.807, 2.05) is 42.3 Å². The molecule has 0 saturated carbocycles. The van der Waals surface area contributed by atoms with Crippen molar-refractivity contribution in [1.82, 2.24) is 4.90 Å². The van der Waals surface area contributed by atoms with Gasteiger partial charge < -0.3 is 14.5 Å². The number of hydrogen-bond acceptors (Lipinski definition) is 5. The summed E-state index contributed by atoms with van der Waals surface area (Å²) in [6, 6.07) is 13.9. The fourth-order valence-corrected chi connectivity index (χ4v) is 5.25. The van der Waals surface area contributed by atoms with Gasteiger partial charge in [-0.25, -0.2) is 8.42 Å². The lowest BCUT2D eigenvalue weighted by atomic mass is 10.1. The van der Waals surface area contributed by atoms with Crippen LogP contribution in [0.15, 0.2) is 42.5 Å². The Bertz CT molecular complexity index is 913. The predicted molar refractivity (Wildman–Crippen MR) is 108 cm³/mol. The molecule has 2 aromatic carbocycles. The fourth-order valence-electron chi connectivity index (χ4n) is 3.52. The lowest BCUT2D eigenvalue weighted by Crippen LogP contribution is -2.47. The van der Waals surface area contributed by atoms with Crippen molar-refractivity contribution in [3.63, 3.8) is 0 Å². The van der Waals surface area contributed by atoms with Crippen molar-refractivity contribution in [2.75, 3.05) is 50.3 Å². The molecule has 0 radical (unpaired) electrons. The van der Waals surface area contributed by atoms with Crippen LogP contribution < -0.4 is 4.90 Å². The van der Waals surface area contributed by atoms with Crippen LogP contribution in [0.2, 0.25) is 0 Å². The molecule has 0 aromatic heterocycles. The second-order valence-corrected chi connectivity index (χ2v) is 9.25. The molecule has 3 rings (SSSR count). The molecule has 1 aliphatic heterocycles. The monoisotopic (exact) mass is 390 g/mol. The first-order chi connectivity index (χ1) is 12.9. The summed E-state index contributed by atoms with van der Waals surface area (Å²) in [5, 5.41) is 2.27.